The third-order valence-electron chi connectivity index (χ3n) is 3.63. The van der Waals surface area contributed by atoms with Gasteiger partial charge in [0.2, 0.25) is 0 Å². The molecule has 11 heteroatoms. The van der Waals surface area contributed by atoms with E-state index in [1.165, 1.54) is 0 Å². The molecule has 0 atom stereocenters. The van der Waals surface area contributed by atoms with E-state index in [1.54, 1.807) is 11.8 Å². The van der Waals surface area contributed by atoms with Crippen LogP contribution >= 0.6 is 78.2 Å². The number of halogens is 6. The van der Waals surface area contributed by atoms with Crippen LogP contribution in [0.15, 0.2) is 58.3 Å². The quantitative estimate of drug-likeness (QED) is 0.145. The van der Waals surface area contributed by atoms with E-state index in [4.69, 9.17) is 75.9 Å². The highest BCUT2D eigenvalue weighted by Crippen LogP contribution is 2.31. The molecule has 0 aliphatic rings. The molecule has 160 valence electrons. The van der Waals surface area contributed by atoms with Gasteiger partial charge < -0.3 is 9.47 Å². The largest absolute Gasteiger partial charge is 0.494 e. The molecule has 2 nitrogen and oxygen atoms in total. The summed E-state index contributed by atoms with van der Waals surface area (Å²) >= 11 is 36.8. The van der Waals surface area contributed by atoms with Crippen molar-refractivity contribution < 1.29 is 9.47 Å². The van der Waals surface area contributed by atoms with Crippen molar-refractivity contribution in [1.29, 1.82) is 0 Å². The van der Waals surface area contributed by atoms with Crippen LogP contribution in [0.1, 0.15) is 12.8 Å². The molecule has 0 aliphatic heterocycles. The van der Waals surface area contributed by atoms with Crippen LogP contribution in [0, 0.1) is 0 Å². The lowest BCUT2D eigenvalue weighted by Crippen LogP contribution is -2.10. The Balaban J connectivity index is 1.74. The molecule has 2 aromatic rings. The van der Waals surface area contributed by atoms with Crippen LogP contribution < -0.4 is 9.47 Å². The second-order valence-electron chi connectivity index (χ2n) is 6.18. The molecule has 0 saturated heterocycles. The van der Waals surface area contributed by atoms with Gasteiger partial charge in [-0.05, 0) is 73.5 Å². The minimum absolute atomic E-state index is 0.540. The molecule has 0 amide bonds. The molecule has 0 heterocycles. The Morgan fingerprint density at radius 3 is 1.24 bits per heavy atom. The highest BCUT2D eigenvalue weighted by atomic mass is 35.8. The summed E-state index contributed by atoms with van der Waals surface area (Å²) in [5.74, 6) is 1.61. The van der Waals surface area contributed by atoms with Gasteiger partial charge >= 0.3 is 12.0 Å². The van der Waals surface area contributed by atoms with Crippen LogP contribution in [0.2, 0.25) is 12.1 Å². The minimum Gasteiger partial charge on any atom is -0.494 e. The molecule has 0 unspecified atom stereocenters. The average molecular weight is 569 g/mol. The molecule has 0 radical (unpaired) electrons. The lowest BCUT2D eigenvalue weighted by molar-refractivity contribution is 0.317. The fourth-order valence-corrected chi connectivity index (χ4v) is 6.58. The minimum atomic E-state index is -2.56. The maximum atomic E-state index is 5.86. The second kappa shape index (κ2) is 12.6. The molecule has 2 aromatic carbocycles. The van der Waals surface area contributed by atoms with E-state index in [-0.39, 0.29) is 0 Å². The first-order valence-corrected chi connectivity index (χ1v) is 20.2. The SMILES string of the molecule is Cl[Si](Cl)(Cl)CCCOc1ccc(Sc2ccc(OCCC[Si](Cl)(Cl)Cl)cc2)cc1. The number of benzene rings is 2. The maximum Gasteiger partial charge on any atom is 0.341 e. The highest BCUT2D eigenvalue weighted by Gasteiger charge is 2.24. The Kier molecular flexibility index (Phi) is 11.2. The van der Waals surface area contributed by atoms with Crippen LogP contribution in [0.5, 0.6) is 11.5 Å². The Morgan fingerprint density at radius 2 is 0.931 bits per heavy atom. The van der Waals surface area contributed by atoms with Crippen molar-refractivity contribution in [3.8, 4) is 11.5 Å². The molecule has 0 fully saturated rings. The van der Waals surface area contributed by atoms with Gasteiger partial charge in [0.05, 0.1) is 13.2 Å². The fraction of sp³-hybridized carbons (Fsp3) is 0.333. The zero-order valence-electron chi connectivity index (χ0n) is 15.4. The molecule has 0 bridgehead atoms. The van der Waals surface area contributed by atoms with Gasteiger partial charge in [0.1, 0.15) is 11.5 Å². The van der Waals surface area contributed by atoms with Crippen LogP contribution in [0.3, 0.4) is 0 Å². The van der Waals surface area contributed by atoms with Crippen molar-refractivity contribution >= 4 is 90.2 Å². The molecule has 29 heavy (non-hydrogen) atoms. The first kappa shape index (κ1) is 25.8. The number of hydrogen-bond acceptors (Lipinski definition) is 3. The van der Waals surface area contributed by atoms with E-state index >= 15 is 0 Å². The van der Waals surface area contributed by atoms with Gasteiger partial charge in [-0.2, -0.15) is 0 Å². The van der Waals surface area contributed by atoms with Crippen molar-refractivity contribution in [3.05, 3.63) is 48.5 Å². The van der Waals surface area contributed by atoms with Gasteiger partial charge in [-0.3, -0.25) is 0 Å². The van der Waals surface area contributed by atoms with Gasteiger partial charge in [0.25, 0.3) is 0 Å². The molecular weight excluding hydrogens is 549 g/mol. The standard InChI is InChI=1S/C18H20Cl6O2SSi2/c19-28(20,21)13-1-11-25-15-3-7-17(8-4-15)27-18-9-5-16(6-10-18)26-12-2-14-29(22,23)24/h3-10H,1-2,11-14H2. The molecule has 0 spiro atoms. The Bertz CT molecular complexity index is 673. The van der Waals surface area contributed by atoms with Gasteiger partial charge in [-0.25, -0.2) is 0 Å². The lowest BCUT2D eigenvalue weighted by atomic mass is 10.3. The summed E-state index contributed by atoms with van der Waals surface area (Å²) in [6, 6.07) is 11.9. The Morgan fingerprint density at radius 1 is 0.586 bits per heavy atom. The van der Waals surface area contributed by atoms with Crippen molar-refractivity contribution in [2.45, 2.75) is 34.7 Å². The van der Waals surface area contributed by atoms with Crippen molar-refractivity contribution in [1.82, 2.24) is 0 Å². The summed E-state index contributed by atoms with van der Waals surface area (Å²) in [5.41, 5.74) is 0. The topological polar surface area (TPSA) is 18.5 Å². The summed E-state index contributed by atoms with van der Waals surface area (Å²) in [5, 5.41) is 0. The third-order valence-corrected chi connectivity index (χ3v) is 9.89. The second-order valence-corrected chi connectivity index (χ2v) is 25.9. The van der Waals surface area contributed by atoms with Crippen molar-refractivity contribution in [2.75, 3.05) is 13.2 Å². The van der Waals surface area contributed by atoms with Crippen LogP contribution in [0.25, 0.3) is 0 Å². The Hall–Kier alpha value is 0.564. The van der Waals surface area contributed by atoms with Crippen LogP contribution in [-0.4, -0.2) is 25.2 Å². The molecule has 0 saturated carbocycles. The van der Waals surface area contributed by atoms with E-state index < -0.39 is 12.0 Å². The molecule has 2 rings (SSSR count). The molecule has 0 N–H and O–H groups in total. The summed E-state index contributed by atoms with van der Waals surface area (Å²) in [6.45, 7) is 1.08. The zero-order chi connectivity index (χ0) is 21.3. The first-order valence-electron chi connectivity index (χ1n) is 8.88. The van der Waals surface area contributed by atoms with Crippen molar-refractivity contribution in [3.63, 3.8) is 0 Å². The van der Waals surface area contributed by atoms with Crippen molar-refractivity contribution in [2.24, 2.45) is 0 Å². The van der Waals surface area contributed by atoms with Crippen LogP contribution in [0.4, 0.5) is 0 Å². The average Bonchev–Trinajstić information content (AvgIpc) is 2.63. The van der Waals surface area contributed by atoms with E-state index in [0.717, 1.165) is 34.1 Å². The van der Waals surface area contributed by atoms with E-state index in [2.05, 4.69) is 0 Å². The van der Waals surface area contributed by atoms with E-state index in [0.29, 0.717) is 25.3 Å². The monoisotopic (exact) mass is 566 g/mol. The Labute approximate surface area is 206 Å². The van der Waals surface area contributed by atoms with E-state index in [1.807, 2.05) is 48.5 Å². The summed E-state index contributed by atoms with van der Waals surface area (Å²) in [4.78, 5) is 2.24. The molecular formula is C18H20Cl6O2SSi2. The number of hydrogen-bond donors (Lipinski definition) is 0. The third kappa shape index (κ3) is 12.2. The first-order chi connectivity index (χ1) is 13.6. The van der Waals surface area contributed by atoms with Crippen LogP contribution in [-0.2, 0) is 0 Å². The fourth-order valence-electron chi connectivity index (χ4n) is 2.27. The predicted molar refractivity (Wildman–Crippen MR) is 133 cm³/mol. The predicted octanol–water partition coefficient (Wildman–Crippen LogP) is 8.69. The highest BCUT2D eigenvalue weighted by molar-refractivity contribution is 7.99. The number of rotatable bonds is 12. The number of ether oxygens (including phenoxy) is 2. The summed E-state index contributed by atoms with van der Waals surface area (Å²) < 4.78 is 11.4. The maximum absolute atomic E-state index is 5.86. The molecule has 0 aliphatic carbocycles. The van der Waals surface area contributed by atoms with Gasteiger partial charge in [-0.15, -0.1) is 66.5 Å². The van der Waals surface area contributed by atoms with E-state index in [9.17, 15) is 0 Å². The lowest BCUT2D eigenvalue weighted by Gasteiger charge is -2.10. The van der Waals surface area contributed by atoms with Gasteiger partial charge in [0.15, 0.2) is 0 Å². The molecule has 0 aromatic heterocycles. The van der Waals surface area contributed by atoms with Gasteiger partial charge in [-0.1, -0.05) is 11.8 Å². The summed E-state index contributed by atoms with van der Waals surface area (Å²) in [6.07, 6.45) is 1.47. The zero-order valence-corrected chi connectivity index (χ0v) is 22.7. The normalized spacial score (nSPS) is 12.1. The smallest absolute Gasteiger partial charge is 0.341 e. The van der Waals surface area contributed by atoms with Gasteiger partial charge in [0, 0.05) is 9.79 Å². The summed E-state index contributed by atoms with van der Waals surface area (Å²) in [7, 11) is 0.